The Bertz CT molecular complexity index is 361. The molecule has 9 nitrogen and oxygen atoms in total. The maximum atomic E-state index is 10.5. The Labute approximate surface area is 169 Å². The lowest BCUT2D eigenvalue weighted by Gasteiger charge is -2.16. The first-order chi connectivity index (χ1) is 13.0. The molecule has 0 radical (unpaired) electrons. The molecule has 0 fully saturated rings. The fraction of sp³-hybridized carbons (Fsp3) is 0.895. The van der Waals surface area contributed by atoms with Crippen LogP contribution in [0.2, 0.25) is 0 Å². The highest BCUT2D eigenvalue weighted by Crippen LogP contribution is 1.97. The quantitative estimate of drug-likeness (QED) is 0.506. The predicted octanol–water partition coefficient (Wildman–Crippen LogP) is 1.59. The highest BCUT2D eigenvalue weighted by molar-refractivity contribution is 5.66. The van der Waals surface area contributed by atoms with Crippen LogP contribution in [-0.2, 0) is 38.0 Å². The van der Waals surface area contributed by atoms with E-state index in [9.17, 15) is 9.59 Å². The second kappa shape index (κ2) is 22.0. The van der Waals surface area contributed by atoms with Crippen LogP contribution in [0.3, 0.4) is 0 Å². The van der Waals surface area contributed by atoms with E-state index in [0.29, 0.717) is 26.4 Å². The molecule has 4 atom stereocenters. The average Bonchev–Trinajstić information content (AvgIpc) is 2.59. The number of rotatable bonds is 11. The zero-order valence-electron chi connectivity index (χ0n) is 18.9. The fourth-order valence-electron chi connectivity index (χ4n) is 1.49. The Morgan fingerprint density at radius 1 is 0.714 bits per heavy atom. The van der Waals surface area contributed by atoms with Gasteiger partial charge in [-0.1, -0.05) is 0 Å². The van der Waals surface area contributed by atoms with Gasteiger partial charge in [-0.2, -0.15) is 0 Å². The molecule has 0 rings (SSSR count). The van der Waals surface area contributed by atoms with E-state index in [0.717, 1.165) is 0 Å². The van der Waals surface area contributed by atoms with Crippen molar-refractivity contribution < 1.29 is 43.1 Å². The van der Waals surface area contributed by atoms with Gasteiger partial charge in [0.1, 0.15) is 6.10 Å². The Morgan fingerprint density at radius 2 is 1.11 bits per heavy atom. The number of carbonyl (C=O) groups excluding carboxylic acids is 2. The van der Waals surface area contributed by atoms with E-state index in [4.69, 9.17) is 28.8 Å². The van der Waals surface area contributed by atoms with Crippen molar-refractivity contribution in [1.29, 1.82) is 0 Å². The Balaban J connectivity index is -0.000000368. The summed E-state index contributed by atoms with van der Waals surface area (Å²) in [6.45, 7) is 12.0. The van der Waals surface area contributed by atoms with Crippen LogP contribution >= 0.6 is 0 Å². The highest BCUT2D eigenvalue weighted by atomic mass is 16.6. The third-order valence-electron chi connectivity index (χ3n) is 2.69. The van der Waals surface area contributed by atoms with Crippen LogP contribution in [0.4, 0.5) is 0 Å². The summed E-state index contributed by atoms with van der Waals surface area (Å²) >= 11 is 0. The molecule has 0 aliphatic rings. The fourth-order valence-corrected chi connectivity index (χ4v) is 1.49. The average molecular weight is 413 g/mol. The van der Waals surface area contributed by atoms with E-state index in [1.54, 1.807) is 28.1 Å². The third-order valence-corrected chi connectivity index (χ3v) is 2.69. The smallest absolute Gasteiger partial charge is 0.302 e. The van der Waals surface area contributed by atoms with Crippen molar-refractivity contribution in [2.45, 2.75) is 66.0 Å². The first-order valence-electron chi connectivity index (χ1n) is 9.10. The van der Waals surface area contributed by atoms with Crippen molar-refractivity contribution in [1.82, 2.24) is 0 Å². The molecule has 1 N–H and O–H groups in total. The summed E-state index contributed by atoms with van der Waals surface area (Å²) in [4.78, 5) is 20.1. The van der Waals surface area contributed by atoms with E-state index in [1.165, 1.54) is 21.0 Å². The van der Waals surface area contributed by atoms with E-state index >= 15 is 0 Å². The van der Waals surface area contributed by atoms with Crippen molar-refractivity contribution in [3.63, 3.8) is 0 Å². The van der Waals surface area contributed by atoms with Crippen molar-refractivity contribution in [3.8, 4) is 0 Å². The van der Waals surface area contributed by atoms with Crippen LogP contribution in [-0.4, -0.2) is 89.2 Å². The topological polar surface area (TPSA) is 110 Å². The van der Waals surface area contributed by atoms with Gasteiger partial charge >= 0.3 is 11.9 Å². The molecular formula is C19H40O9. The summed E-state index contributed by atoms with van der Waals surface area (Å²) in [5, 5.41) is 8.80. The number of methoxy groups -OCH3 is 3. The normalized spacial score (nSPS) is 14.2. The molecule has 0 aromatic carbocycles. The minimum Gasteiger partial charge on any atom is -0.469 e. The van der Waals surface area contributed by atoms with Gasteiger partial charge in [0.15, 0.2) is 0 Å². The number of aliphatic hydroxyl groups excluding tert-OH is 1. The molecule has 0 amide bonds. The van der Waals surface area contributed by atoms with Crippen molar-refractivity contribution in [3.05, 3.63) is 0 Å². The van der Waals surface area contributed by atoms with Crippen LogP contribution in [0.1, 0.15) is 41.5 Å². The zero-order valence-corrected chi connectivity index (χ0v) is 18.9. The second-order valence-electron chi connectivity index (χ2n) is 6.16. The van der Waals surface area contributed by atoms with E-state index < -0.39 is 0 Å². The zero-order chi connectivity index (χ0) is 22.5. The first kappa shape index (κ1) is 31.4. The van der Waals surface area contributed by atoms with Gasteiger partial charge in [0.05, 0.1) is 51.8 Å². The maximum absolute atomic E-state index is 10.5. The minimum absolute atomic E-state index is 0.0306. The van der Waals surface area contributed by atoms with E-state index in [1.807, 2.05) is 13.8 Å². The molecule has 0 aromatic heterocycles. The molecule has 4 unspecified atom stereocenters. The van der Waals surface area contributed by atoms with Gasteiger partial charge in [-0.3, -0.25) is 9.59 Å². The molecule has 0 aromatic rings. The Hall–Kier alpha value is -1.26. The maximum Gasteiger partial charge on any atom is 0.302 e. The van der Waals surface area contributed by atoms with Gasteiger partial charge in [0, 0.05) is 28.1 Å². The molecule has 9 heteroatoms. The Morgan fingerprint density at radius 3 is 1.39 bits per heavy atom. The van der Waals surface area contributed by atoms with Gasteiger partial charge in [0.25, 0.3) is 0 Å². The standard InChI is InChI=1S/C9H18O4.C7H16O3.C3H6O2/c1-7(5-11-4)12-6-8(2)13-9(3)10;1-6(8)4-10-7(2)5-9-3;1-3(4)5-2/h7-8H,5-6H2,1-4H3;6-8H,4-5H2,1-3H3;1-2H3. The van der Waals surface area contributed by atoms with Crippen molar-refractivity contribution in [2.75, 3.05) is 47.8 Å². The summed E-state index contributed by atoms with van der Waals surface area (Å²) < 4.78 is 29.2. The second-order valence-corrected chi connectivity index (χ2v) is 6.16. The van der Waals surface area contributed by atoms with E-state index in [2.05, 4.69) is 4.74 Å². The lowest BCUT2D eigenvalue weighted by Crippen LogP contribution is -2.24. The SMILES string of the molecule is COC(C)=O.COCC(C)OCC(C)O.COCC(C)OCC(C)OC(C)=O. The van der Waals surface area contributed by atoms with Crippen molar-refractivity contribution in [2.24, 2.45) is 0 Å². The molecule has 0 aliphatic carbocycles. The largest absolute Gasteiger partial charge is 0.469 e. The van der Waals surface area contributed by atoms with Gasteiger partial charge in [0.2, 0.25) is 0 Å². The van der Waals surface area contributed by atoms with Crippen LogP contribution in [0.5, 0.6) is 0 Å². The van der Waals surface area contributed by atoms with Crippen LogP contribution in [0.15, 0.2) is 0 Å². The third kappa shape index (κ3) is 32.4. The lowest BCUT2D eigenvalue weighted by atomic mass is 10.4. The first-order valence-corrected chi connectivity index (χ1v) is 9.10. The van der Waals surface area contributed by atoms with E-state index in [-0.39, 0.29) is 36.4 Å². The summed E-state index contributed by atoms with van der Waals surface area (Å²) in [5.74, 6) is -0.527. The number of hydrogen-bond acceptors (Lipinski definition) is 9. The molecule has 0 bridgehead atoms. The molecule has 28 heavy (non-hydrogen) atoms. The molecule has 0 saturated heterocycles. The van der Waals surface area contributed by atoms with Crippen molar-refractivity contribution >= 4 is 11.9 Å². The number of esters is 2. The molecule has 0 heterocycles. The number of ether oxygens (including phenoxy) is 6. The molecule has 0 spiro atoms. The van der Waals surface area contributed by atoms with Gasteiger partial charge in [-0.15, -0.1) is 0 Å². The van der Waals surface area contributed by atoms with Crippen LogP contribution in [0.25, 0.3) is 0 Å². The molecular weight excluding hydrogens is 372 g/mol. The van der Waals surface area contributed by atoms with Crippen LogP contribution in [0, 0.1) is 0 Å². The number of aliphatic hydroxyl groups is 1. The Kier molecular flexibility index (Phi) is 24.7. The summed E-state index contributed by atoms with van der Waals surface area (Å²) in [6.07, 6.45) is -0.487. The summed E-state index contributed by atoms with van der Waals surface area (Å²) in [5.41, 5.74) is 0. The summed E-state index contributed by atoms with van der Waals surface area (Å²) in [6, 6.07) is 0. The minimum atomic E-state index is -0.390. The number of carbonyl (C=O) groups is 2. The predicted molar refractivity (Wildman–Crippen MR) is 105 cm³/mol. The highest BCUT2D eigenvalue weighted by Gasteiger charge is 2.08. The molecule has 0 aliphatic heterocycles. The monoisotopic (exact) mass is 412 g/mol. The van der Waals surface area contributed by atoms with Gasteiger partial charge in [-0.25, -0.2) is 0 Å². The van der Waals surface area contributed by atoms with Gasteiger partial charge in [-0.05, 0) is 27.7 Å². The van der Waals surface area contributed by atoms with Gasteiger partial charge < -0.3 is 33.5 Å². The molecule has 170 valence electrons. The molecule has 0 saturated carbocycles. The van der Waals surface area contributed by atoms with Crippen LogP contribution < -0.4 is 0 Å². The number of hydrogen-bond donors (Lipinski definition) is 1. The lowest BCUT2D eigenvalue weighted by molar-refractivity contribution is -0.149. The summed E-state index contributed by atoms with van der Waals surface area (Å²) in [7, 11) is 4.60.